The zero-order chi connectivity index (χ0) is 13.3. The Morgan fingerprint density at radius 1 is 1.00 bits per heavy atom. The number of thiocarbonyl (C=S) groups is 1. The van der Waals surface area contributed by atoms with E-state index in [2.05, 4.69) is 27.8 Å². The maximum Gasteiger partial charge on any atom is 0.166 e. The van der Waals surface area contributed by atoms with Crippen LogP contribution in [-0.4, -0.2) is 16.6 Å². The van der Waals surface area contributed by atoms with Crippen LogP contribution in [0.2, 0.25) is 0 Å². The molecule has 19 heavy (non-hydrogen) atoms. The molecule has 0 saturated carbocycles. The third kappa shape index (κ3) is 5.06. The van der Waals surface area contributed by atoms with Crippen molar-refractivity contribution < 1.29 is 0 Å². The molecule has 1 aromatic carbocycles. The molecule has 98 valence electrons. The average Bonchev–Trinajstić information content (AvgIpc) is 2.47. The van der Waals surface area contributed by atoms with E-state index >= 15 is 0 Å². The van der Waals surface area contributed by atoms with E-state index in [0.717, 1.165) is 18.5 Å². The molecule has 0 unspecified atom stereocenters. The van der Waals surface area contributed by atoms with Crippen molar-refractivity contribution >= 4 is 17.3 Å². The van der Waals surface area contributed by atoms with E-state index in [-0.39, 0.29) is 0 Å². The van der Waals surface area contributed by atoms with E-state index in [1.165, 1.54) is 5.56 Å². The van der Waals surface area contributed by atoms with Crippen molar-refractivity contribution in [3.63, 3.8) is 0 Å². The monoisotopic (exact) mass is 271 g/mol. The fraction of sp³-hybridized carbons (Fsp3) is 0.200. The first-order chi connectivity index (χ1) is 9.34. The van der Waals surface area contributed by atoms with Crippen LogP contribution in [0, 0.1) is 0 Å². The predicted molar refractivity (Wildman–Crippen MR) is 81.8 cm³/mol. The van der Waals surface area contributed by atoms with Crippen LogP contribution >= 0.6 is 12.2 Å². The van der Waals surface area contributed by atoms with Crippen LogP contribution in [-0.2, 0) is 13.0 Å². The van der Waals surface area contributed by atoms with Gasteiger partial charge in [-0.3, -0.25) is 4.98 Å². The minimum absolute atomic E-state index is 0.680. The fourth-order valence-corrected chi connectivity index (χ4v) is 1.89. The van der Waals surface area contributed by atoms with E-state index in [1.807, 2.05) is 36.5 Å². The summed E-state index contributed by atoms with van der Waals surface area (Å²) < 4.78 is 0. The smallest absolute Gasteiger partial charge is 0.166 e. The van der Waals surface area contributed by atoms with Gasteiger partial charge in [-0.25, -0.2) is 0 Å². The van der Waals surface area contributed by atoms with Crippen LogP contribution in [0.1, 0.15) is 11.1 Å². The lowest BCUT2D eigenvalue weighted by Gasteiger charge is -2.10. The molecule has 0 spiro atoms. The lowest BCUT2D eigenvalue weighted by molar-refractivity contribution is 0.813. The van der Waals surface area contributed by atoms with Gasteiger partial charge >= 0.3 is 0 Å². The van der Waals surface area contributed by atoms with Crippen molar-refractivity contribution in [1.82, 2.24) is 15.6 Å². The van der Waals surface area contributed by atoms with E-state index in [4.69, 9.17) is 12.2 Å². The summed E-state index contributed by atoms with van der Waals surface area (Å²) in [5, 5.41) is 7.05. The van der Waals surface area contributed by atoms with Gasteiger partial charge in [0, 0.05) is 25.5 Å². The summed E-state index contributed by atoms with van der Waals surface area (Å²) in [4.78, 5) is 4.06. The van der Waals surface area contributed by atoms with Crippen molar-refractivity contribution in [2.75, 3.05) is 6.54 Å². The number of rotatable bonds is 5. The topological polar surface area (TPSA) is 37.0 Å². The maximum atomic E-state index is 5.23. The zero-order valence-corrected chi connectivity index (χ0v) is 11.5. The highest BCUT2D eigenvalue weighted by atomic mass is 32.1. The number of benzene rings is 1. The molecule has 2 aromatic rings. The van der Waals surface area contributed by atoms with Crippen molar-refractivity contribution in [2.24, 2.45) is 0 Å². The zero-order valence-electron chi connectivity index (χ0n) is 10.7. The molecule has 4 heteroatoms. The molecule has 0 bridgehead atoms. The van der Waals surface area contributed by atoms with Crippen LogP contribution in [0.5, 0.6) is 0 Å². The second kappa shape index (κ2) is 7.48. The largest absolute Gasteiger partial charge is 0.362 e. The molecule has 2 rings (SSSR count). The molecule has 0 atom stereocenters. The van der Waals surface area contributed by atoms with Crippen molar-refractivity contribution in [2.45, 2.75) is 13.0 Å². The SMILES string of the molecule is S=C(NCCc1ccccc1)NCc1cccnc1. The maximum absolute atomic E-state index is 5.23. The summed E-state index contributed by atoms with van der Waals surface area (Å²) in [5.74, 6) is 0. The third-order valence-electron chi connectivity index (χ3n) is 2.72. The quantitative estimate of drug-likeness (QED) is 0.818. The third-order valence-corrected chi connectivity index (χ3v) is 3.01. The van der Waals surface area contributed by atoms with Gasteiger partial charge in [0.15, 0.2) is 5.11 Å². The van der Waals surface area contributed by atoms with Gasteiger partial charge in [0.05, 0.1) is 0 Å². The first-order valence-electron chi connectivity index (χ1n) is 6.29. The summed E-state index contributed by atoms with van der Waals surface area (Å²) >= 11 is 5.23. The second-order valence-corrected chi connectivity index (χ2v) is 4.61. The molecule has 0 amide bonds. The van der Waals surface area contributed by atoms with E-state index < -0.39 is 0 Å². The number of aromatic nitrogens is 1. The molecule has 0 aliphatic carbocycles. The number of hydrogen-bond acceptors (Lipinski definition) is 2. The average molecular weight is 271 g/mol. The molecule has 0 aliphatic heterocycles. The Morgan fingerprint density at radius 2 is 1.79 bits per heavy atom. The van der Waals surface area contributed by atoms with Crippen LogP contribution in [0.4, 0.5) is 0 Å². The highest BCUT2D eigenvalue weighted by Gasteiger charge is 1.97. The minimum atomic E-state index is 0.680. The second-order valence-electron chi connectivity index (χ2n) is 4.21. The summed E-state index contributed by atoms with van der Waals surface area (Å²) in [6.45, 7) is 1.54. The number of nitrogens with zero attached hydrogens (tertiary/aromatic N) is 1. The van der Waals surface area contributed by atoms with Gasteiger partial charge in [0.1, 0.15) is 0 Å². The molecule has 0 fully saturated rings. The standard InChI is InChI=1S/C15H17N3S/c19-15(18-12-14-7-4-9-16-11-14)17-10-8-13-5-2-1-3-6-13/h1-7,9,11H,8,10,12H2,(H2,17,18,19). The van der Waals surface area contributed by atoms with E-state index in [0.29, 0.717) is 11.7 Å². The summed E-state index contributed by atoms with van der Waals surface area (Å²) in [6.07, 6.45) is 4.56. The molecule has 3 nitrogen and oxygen atoms in total. The molecule has 0 radical (unpaired) electrons. The molecular formula is C15H17N3S. The summed E-state index contributed by atoms with van der Waals surface area (Å²) in [7, 11) is 0. The van der Waals surface area contributed by atoms with E-state index in [9.17, 15) is 0 Å². The Bertz CT molecular complexity index is 499. The first kappa shape index (κ1) is 13.5. The van der Waals surface area contributed by atoms with Crippen LogP contribution in [0.25, 0.3) is 0 Å². The van der Waals surface area contributed by atoms with Crippen LogP contribution < -0.4 is 10.6 Å². The molecule has 1 heterocycles. The van der Waals surface area contributed by atoms with Crippen molar-refractivity contribution in [3.8, 4) is 0 Å². The Hall–Kier alpha value is -1.94. The minimum Gasteiger partial charge on any atom is -0.362 e. The normalized spacial score (nSPS) is 9.89. The van der Waals surface area contributed by atoms with Crippen LogP contribution in [0.3, 0.4) is 0 Å². The molecule has 2 N–H and O–H groups in total. The highest BCUT2D eigenvalue weighted by molar-refractivity contribution is 7.80. The van der Waals surface area contributed by atoms with Gasteiger partial charge in [-0.05, 0) is 35.8 Å². The van der Waals surface area contributed by atoms with Gasteiger partial charge in [0.2, 0.25) is 0 Å². The summed E-state index contributed by atoms with van der Waals surface area (Å²) in [5.41, 5.74) is 2.43. The van der Waals surface area contributed by atoms with E-state index in [1.54, 1.807) is 6.20 Å². The number of pyridine rings is 1. The Labute approximate surface area is 119 Å². The summed E-state index contributed by atoms with van der Waals surface area (Å²) in [6, 6.07) is 14.3. The molecule has 1 aromatic heterocycles. The van der Waals surface area contributed by atoms with Crippen molar-refractivity contribution in [1.29, 1.82) is 0 Å². The van der Waals surface area contributed by atoms with Gasteiger partial charge in [-0.1, -0.05) is 36.4 Å². The van der Waals surface area contributed by atoms with Crippen LogP contribution in [0.15, 0.2) is 54.9 Å². The van der Waals surface area contributed by atoms with Gasteiger partial charge in [0.25, 0.3) is 0 Å². The van der Waals surface area contributed by atoms with Gasteiger partial charge < -0.3 is 10.6 Å². The molecule has 0 saturated heterocycles. The molecular weight excluding hydrogens is 254 g/mol. The fourth-order valence-electron chi connectivity index (χ4n) is 1.71. The van der Waals surface area contributed by atoms with Crippen molar-refractivity contribution in [3.05, 3.63) is 66.0 Å². The number of nitrogens with one attached hydrogen (secondary N) is 2. The first-order valence-corrected chi connectivity index (χ1v) is 6.70. The van der Waals surface area contributed by atoms with Gasteiger partial charge in [-0.15, -0.1) is 0 Å². The highest BCUT2D eigenvalue weighted by Crippen LogP contribution is 1.98. The Morgan fingerprint density at radius 3 is 2.53 bits per heavy atom. The molecule has 0 aliphatic rings. The predicted octanol–water partition coefficient (Wildman–Crippen LogP) is 2.29. The lowest BCUT2D eigenvalue weighted by atomic mass is 10.1. The number of hydrogen-bond donors (Lipinski definition) is 2. The Balaban J connectivity index is 1.65. The van der Waals surface area contributed by atoms with Gasteiger partial charge in [-0.2, -0.15) is 0 Å². The lowest BCUT2D eigenvalue weighted by Crippen LogP contribution is -2.35. The Kier molecular flexibility index (Phi) is 5.31.